The molecule has 1 amide bonds. The van der Waals surface area contributed by atoms with Crippen LogP contribution in [0.2, 0.25) is 0 Å². The fourth-order valence-electron chi connectivity index (χ4n) is 3.53. The minimum Gasteiger partial charge on any atom is -0.312 e. The molecular formula is C20H27F2NO. The zero-order valence-corrected chi connectivity index (χ0v) is 14.7. The van der Waals surface area contributed by atoms with Crippen LogP contribution in [0.5, 0.6) is 0 Å². The number of anilines is 1. The highest BCUT2D eigenvalue weighted by molar-refractivity contribution is 6.00. The first kappa shape index (κ1) is 18.6. The number of benzene rings is 1. The van der Waals surface area contributed by atoms with Crippen LogP contribution in [0.4, 0.5) is 14.5 Å². The summed E-state index contributed by atoms with van der Waals surface area (Å²) in [7, 11) is 0. The third-order valence-corrected chi connectivity index (χ3v) is 4.82. The van der Waals surface area contributed by atoms with E-state index < -0.39 is 5.92 Å². The fraction of sp³-hybridized carbons (Fsp3) is 0.550. The third-order valence-electron chi connectivity index (χ3n) is 4.82. The van der Waals surface area contributed by atoms with Crippen LogP contribution >= 0.6 is 0 Å². The van der Waals surface area contributed by atoms with Crippen LogP contribution in [0, 0.1) is 5.41 Å². The van der Waals surface area contributed by atoms with Crippen molar-refractivity contribution in [3.05, 3.63) is 42.5 Å². The van der Waals surface area contributed by atoms with Gasteiger partial charge in [0.25, 0.3) is 0 Å². The Morgan fingerprint density at radius 3 is 2.54 bits per heavy atom. The zero-order chi connectivity index (χ0) is 17.8. The summed E-state index contributed by atoms with van der Waals surface area (Å²) in [5, 5.41) is 0. The molecule has 24 heavy (non-hydrogen) atoms. The van der Waals surface area contributed by atoms with Gasteiger partial charge in [0.2, 0.25) is 11.8 Å². The zero-order valence-electron chi connectivity index (χ0n) is 14.7. The van der Waals surface area contributed by atoms with Crippen LogP contribution in [-0.4, -0.2) is 18.4 Å². The maximum Gasteiger partial charge on any atom is 0.249 e. The standard InChI is InChI=1S/C20H27F2NO/c1-4-6-12-20(11-5-2)13-14-23(18(20)24)17-9-7-16(8-10-17)15-19(3,21)22/h5,7-10H,2,4,6,11-15H2,1,3H3. The molecular weight excluding hydrogens is 308 g/mol. The minimum absolute atomic E-state index is 0.143. The molecule has 2 nitrogen and oxygen atoms in total. The Morgan fingerprint density at radius 2 is 2.00 bits per heavy atom. The molecule has 1 fully saturated rings. The van der Waals surface area contributed by atoms with Gasteiger partial charge >= 0.3 is 0 Å². The molecule has 0 bridgehead atoms. The van der Waals surface area contributed by atoms with Gasteiger partial charge in [0.1, 0.15) is 0 Å². The molecule has 1 saturated heterocycles. The lowest BCUT2D eigenvalue weighted by Gasteiger charge is -2.27. The van der Waals surface area contributed by atoms with Crippen LogP contribution < -0.4 is 4.90 Å². The Kier molecular flexibility index (Phi) is 5.79. The van der Waals surface area contributed by atoms with E-state index in [1.54, 1.807) is 29.2 Å². The maximum atomic E-state index is 13.1. The lowest BCUT2D eigenvalue weighted by molar-refractivity contribution is -0.125. The summed E-state index contributed by atoms with van der Waals surface area (Å²) in [6.07, 6.45) is 6.05. The van der Waals surface area contributed by atoms with Gasteiger partial charge in [-0.2, -0.15) is 0 Å². The van der Waals surface area contributed by atoms with Gasteiger partial charge < -0.3 is 4.90 Å². The van der Waals surface area contributed by atoms with Crippen molar-refractivity contribution in [2.75, 3.05) is 11.4 Å². The summed E-state index contributed by atoms with van der Waals surface area (Å²) >= 11 is 0. The molecule has 1 aliphatic rings. The molecule has 0 spiro atoms. The number of hydrogen-bond donors (Lipinski definition) is 0. The van der Waals surface area contributed by atoms with E-state index in [2.05, 4.69) is 13.5 Å². The van der Waals surface area contributed by atoms with Gasteiger partial charge in [0, 0.05) is 18.7 Å². The second kappa shape index (κ2) is 7.45. The molecule has 0 radical (unpaired) electrons. The molecule has 1 aromatic carbocycles. The summed E-state index contributed by atoms with van der Waals surface area (Å²) in [5.74, 6) is -2.58. The van der Waals surface area contributed by atoms with Crippen LogP contribution in [0.25, 0.3) is 0 Å². The highest BCUT2D eigenvalue weighted by Gasteiger charge is 2.45. The first-order chi connectivity index (χ1) is 11.3. The molecule has 0 aromatic heterocycles. The van der Waals surface area contributed by atoms with E-state index in [9.17, 15) is 13.6 Å². The number of unbranched alkanes of at least 4 members (excludes halogenated alkanes) is 1. The number of carbonyl (C=O) groups excluding carboxylic acids is 1. The number of amides is 1. The fourth-order valence-corrected chi connectivity index (χ4v) is 3.53. The number of allylic oxidation sites excluding steroid dienone is 1. The molecule has 0 saturated carbocycles. The van der Waals surface area contributed by atoms with Crippen molar-refractivity contribution >= 4 is 11.6 Å². The summed E-state index contributed by atoms with van der Waals surface area (Å²) in [6, 6.07) is 6.95. The maximum absolute atomic E-state index is 13.1. The van der Waals surface area contributed by atoms with Crippen molar-refractivity contribution in [2.45, 2.75) is 58.3 Å². The SMILES string of the molecule is C=CCC1(CCCC)CCN(c2ccc(CC(C)(F)F)cc2)C1=O. The second-order valence-corrected chi connectivity index (χ2v) is 7.00. The van der Waals surface area contributed by atoms with Gasteiger partial charge in [-0.3, -0.25) is 4.79 Å². The van der Waals surface area contributed by atoms with Gasteiger partial charge in [-0.25, -0.2) is 8.78 Å². The predicted molar refractivity (Wildman–Crippen MR) is 94.5 cm³/mol. The summed E-state index contributed by atoms with van der Waals surface area (Å²) in [6.45, 7) is 7.54. The average molecular weight is 335 g/mol. The van der Waals surface area contributed by atoms with E-state index in [4.69, 9.17) is 0 Å². The molecule has 0 N–H and O–H groups in total. The Bertz CT molecular complexity index is 576. The number of halogens is 2. The van der Waals surface area contributed by atoms with Gasteiger partial charge in [0.15, 0.2) is 0 Å². The molecule has 1 aliphatic heterocycles. The van der Waals surface area contributed by atoms with Crippen LogP contribution in [0.1, 0.15) is 51.5 Å². The summed E-state index contributed by atoms with van der Waals surface area (Å²) < 4.78 is 26.2. The number of hydrogen-bond acceptors (Lipinski definition) is 1. The summed E-state index contributed by atoms with van der Waals surface area (Å²) in [5.41, 5.74) is 1.04. The molecule has 0 aliphatic carbocycles. The van der Waals surface area contributed by atoms with Crippen molar-refractivity contribution in [2.24, 2.45) is 5.41 Å². The van der Waals surface area contributed by atoms with Gasteiger partial charge in [-0.1, -0.05) is 38.0 Å². The van der Waals surface area contributed by atoms with Crippen molar-refractivity contribution in [3.63, 3.8) is 0 Å². The monoisotopic (exact) mass is 335 g/mol. The van der Waals surface area contributed by atoms with Crippen molar-refractivity contribution in [1.29, 1.82) is 0 Å². The number of alkyl halides is 2. The van der Waals surface area contributed by atoms with Crippen LogP contribution in [-0.2, 0) is 11.2 Å². The molecule has 132 valence electrons. The van der Waals surface area contributed by atoms with E-state index in [1.807, 2.05) is 6.08 Å². The normalized spacial score (nSPS) is 21.3. The average Bonchev–Trinajstić information content (AvgIpc) is 2.82. The van der Waals surface area contributed by atoms with Gasteiger partial charge in [-0.15, -0.1) is 6.58 Å². The Labute approximate surface area is 143 Å². The molecule has 1 heterocycles. The van der Waals surface area contributed by atoms with E-state index in [0.717, 1.165) is 38.3 Å². The first-order valence-electron chi connectivity index (χ1n) is 8.71. The predicted octanol–water partition coefficient (Wildman–Crippen LogP) is 5.37. The lowest BCUT2D eigenvalue weighted by atomic mass is 9.78. The van der Waals surface area contributed by atoms with Crippen molar-refractivity contribution < 1.29 is 13.6 Å². The smallest absolute Gasteiger partial charge is 0.249 e. The van der Waals surface area contributed by atoms with Gasteiger partial charge in [-0.05, 0) is 43.9 Å². The van der Waals surface area contributed by atoms with Crippen LogP contribution in [0.15, 0.2) is 36.9 Å². The molecule has 1 aromatic rings. The second-order valence-electron chi connectivity index (χ2n) is 7.00. The molecule has 4 heteroatoms. The summed E-state index contributed by atoms with van der Waals surface area (Å²) in [4.78, 5) is 14.8. The van der Waals surface area contributed by atoms with Crippen molar-refractivity contribution in [3.8, 4) is 0 Å². The number of rotatable bonds is 8. The molecule has 2 rings (SSSR count). The van der Waals surface area contributed by atoms with E-state index >= 15 is 0 Å². The quantitative estimate of drug-likeness (QED) is 0.585. The molecule has 1 atom stereocenters. The minimum atomic E-state index is -2.72. The number of carbonyl (C=O) groups is 1. The topological polar surface area (TPSA) is 20.3 Å². The van der Waals surface area contributed by atoms with Gasteiger partial charge in [0.05, 0.1) is 5.41 Å². The highest BCUT2D eigenvalue weighted by atomic mass is 19.3. The third kappa shape index (κ3) is 4.22. The van der Waals surface area contributed by atoms with E-state index in [-0.39, 0.29) is 17.7 Å². The Hall–Kier alpha value is -1.71. The first-order valence-corrected chi connectivity index (χ1v) is 8.71. The Morgan fingerprint density at radius 1 is 1.33 bits per heavy atom. The van der Waals surface area contributed by atoms with E-state index in [0.29, 0.717) is 18.5 Å². The largest absolute Gasteiger partial charge is 0.312 e. The Balaban J connectivity index is 2.15. The van der Waals surface area contributed by atoms with Crippen molar-refractivity contribution in [1.82, 2.24) is 0 Å². The molecule has 1 unspecified atom stereocenters. The van der Waals surface area contributed by atoms with E-state index in [1.165, 1.54) is 0 Å². The van der Waals surface area contributed by atoms with Crippen LogP contribution in [0.3, 0.4) is 0 Å². The highest BCUT2D eigenvalue weighted by Crippen LogP contribution is 2.42. The number of nitrogens with zero attached hydrogens (tertiary/aromatic N) is 1. The lowest BCUT2D eigenvalue weighted by Crippen LogP contribution is -2.34.